The van der Waals surface area contributed by atoms with Gasteiger partial charge in [-0.2, -0.15) is 0 Å². The first-order valence-electron chi connectivity index (χ1n) is 12.2. The Kier molecular flexibility index (Phi) is 5.59. The molecule has 0 unspecified atom stereocenters. The first-order valence-corrected chi connectivity index (χ1v) is 12.9. The summed E-state index contributed by atoms with van der Waals surface area (Å²) < 4.78 is 6.50. The second kappa shape index (κ2) is 8.48. The van der Waals surface area contributed by atoms with E-state index in [2.05, 4.69) is 5.32 Å². The largest absolute Gasteiger partial charge is 0.362 e. The summed E-state index contributed by atoms with van der Waals surface area (Å²) in [4.78, 5) is 15.0. The summed E-state index contributed by atoms with van der Waals surface area (Å²) in [5.41, 5.74) is 1.82. The zero-order valence-corrected chi connectivity index (χ0v) is 20.2. The Morgan fingerprint density at radius 1 is 0.879 bits per heavy atom. The maximum Gasteiger partial charge on any atom is 0.318 e. The monoisotopic (exact) mass is 484 g/mol. The van der Waals surface area contributed by atoms with Gasteiger partial charge in [0.05, 0.1) is 19.2 Å². The third kappa shape index (κ3) is 4.15. The van der Waals surface area contributed by atoms with Crippen molar-refractivity contribution < 1.29 is 9.53 Å². The van der Waals surface area contributed by atoms with Crippen LogP contribution in [0.4, 0.5) is 4.79 Å². The normalized spacial score (nSPS) is 30.5. The van der Waals surface area contributed by atoms with Gasteiger partial charge in [0.2, 0.25) is 0 Å². The molecule has 5 fully saturated rings. The number of rotatable bonds is 5. The molecule has 4 bridgehead atoms. The average molecular weight is 485 g/mol. The van der Waals surface area contributed by atoms with Gasteiger partial charge in [0, 0.05) is 26.7 Å². The van der Waals surface area contributed by atoms with Crippen LogP contribution in [-0.4, -0.2) is 35.7 Å². The molecule has 0 atom stereocenters. The SMILES string of the molecule is O=C(NC12CC3CC(CC(C3)C1)C2)N1CC(OC(c2ccccc2Cl)c2ccccc2Cl)C1. The Bertz CT molecular complexity index is 971. The van der Waals surface area contributed by atoms with Gasteiger partial charge in [-0.1, -0.05) is 59.6 Å². The highest BCUT2D eigenvalue weighted by molar-refractivity contribution is 6.32. The van der Waals surface area contributed by atoms with Crippen molar-refractivity contribution in [3.05, 3.63) is 69.7 Å². The van der Waals surface area contributed by atoms with Gasteiger partial charge < -0.3 is 15.0 Å². The number of hydrogen-bond donors (Lipinski definition) is 1. The van der Waals surface area contributed by atoms with Gasteiger partial charge in [-0.25, -0.2) is 4.79 Å². The molecule has 2 aromatic carbocycles. The number of likely N-dealkylation sites (tertiary alicyclic amines) is 1. The molecule has 4 nitrogen and oxygen atoms in total. The van der Waals surface area contributed by atoms with Gasteiger partial charge in [0.1, 0.15) is 6.10 Å². The van der Waals surface area contributed by atoms with Crippen molar-refractivity contribution in [1.82, 2.24) is 10.2 Å². The number of carbonyl (C=O) groups is 1. The van der Waals surface area contributed by atoms with Gasteiger partial charge in [0.25, 0.3) is 0 Å². The van der Waals surface area contributed by atoms with Gasteiger partial charge in [-0.15, -0.1) is 0 Å². The minimum Gasteiger partial charge on any atom is -0.362 e. The van der Waals surface area contributed by atoms with Crippen LogP contribution in [0.15, 0.2) is 48.5 Å². The van der Waals surface area contributed by atoms with E-state index in [0.717, 1.165) is 28.9 Å². The van der Waals surface area contributed by atoms with E-state index in [1.807, 2.05) is 53.4 Å². The molecule has 4 aliphatic carbocycles. The van der Waals surface area contributed by atoms with Crippen LogP contribution in [-0.2, 0) is 4.74 Å². The van der Waals surface area contributed by atoms with Crippen LogP contribution in [0.2, 0.25) is 10.0 Å². The van der Waals surface area contributed by atoms with E-state index in [1.54, 1.807) is 0 Å². The Morgan fingerprint density at radius 2 is 1.36 bits per heavy atom. The molecule has 5 aliphatic rings. The summed E-state index contributed by atoms with van der Waals surface area (Å²) in [6.07, 6.45) is 7.20. The summed E-state index contributed by atoms with van der Waals surface area (Å²) in [5, 5.41) is 4.77. The lowest BCUT2D eigenvalue weighted by Crippen LogP contribution is -2.65. The van der Waals surface area contributed by atoms with Crippen LogP contribution >= 0.6 is 23.2 Å². The van der Waals surface area contributed by atoms with Crippen molar-refractivity contribution in [3.63, 3.8) is 0 Å². The fraction of sp³-hybridized carbons (Fsp3) is 0.519. The van der Waals surface area contributed by atoms with Gasteiger partial charge in [-0.3, -0.25) is 0 Å². The summed E-state index contributed by atoms with van der Waals surface area (Å²) in [6.45, 7) is 1.17. The van der Waals surface area contributed by atoms with Crippen molar-refractivity contribution in [2.45, 2.75) is 56.3 Å². The van der Waals surface area contributed by atoms with Crippen LogP contribution in [0.3, 0.4) is 0 Å². The van der Waals surface area contributed by atoms with E-state index in [4.69, 9.17) is 27.9 Å². The number of hydrogen-bond acceptors (Lipinski definition) is 2. The van der Waals surface area contributed by atoms with Crippen LogP contribution in [0, 0.1) is 17.8 Å². The van der Waals surface area contributed by atoms with E-state index < -0.39 is 0 Å². The molecule has 1 N–H and O–H groups in total. The van der Waals surface area contributed by atoms with Crippen molar-refractivity contribution in [2.75, 3.05) is 13.1 Å². The molecule has 6 heteroatoms. The fourth-order valence-electron chi connectivity index (χ4n) is 7.14. The van der Waals surface area contributed by atoms with E-state index in [-0.39, 0.29) is 23.8 Å². The van der Waals surface area contributed by atoms with E-state index >= 15 is 0 Å². The minimum atomic E-state index is -0.370. The molecular formula is C27H30Cl2N2O2. The molecule has 2 aromatic rings. The quantitative estimate of drug-likeness (QED) is 0.528. The van der Waals surface area contributed by atoms with E-state index in [9.17, 15) is 4.79 Å². The predicted molar refractivity (Wildman–Crippen MR) is 131 cm³/mol. The Balaban J connectivity index is 1.12. The highest BCUT2D eigenvalue weighted by atomic mass is 35.5. The number of nitrogens with one attached hydrogen (secondary N) is 1. The smallest absolute Gasteiger partial charge is 0.318 e. The third-order valence-electron chi connectivity index (χ3n) is 8.25. The first-order chi connectivity index (χ1) is 16.0. The molecule has 1 aliphatic heterocycles. The molecule has 4 saturated carbocycles. The third-order valence-corrected chi connectivity index (χ3v) is 8.94. The van der Waals surface area contributed by atoms with Gasteiger partial charge in [-0.05, 0) is 68.4 Å². The highest BCUT2D eigenvalue weighted by Crippen LogP contribution is 2.55. The number of carbonyl (C=O) groups excluding carboxylic acids is 1. The topological polar surface area (TPSA) is 41.6 Å². The number of benzene rings is 2. The molecule has 2 amide bonds. The second-order valence-electron chi connectivity index (χ2n) is 10.7. The summed E-state index contributed by atoms with van der Waals surface area (Å²) in [6, 6.07) is 15.5. The molecule has 0 aromatic heterocycles. The molecule has 1 heterocycles. The fourth-order valence-corrected chi connectivity index (χ4v) is 7.61. The lowest BCUT2D eigenvalue weighted by molar-refractivity contribution is -0.0690. The second-order valence-corrected chi connectivity index (χ2v) is 11.5. The zero-order valence-electron chi connectivity index (χ0n) is 18.7. The van der Waals surface area contributed by atoms with Crippen molar-refractivity contribution in [3.8, 4) is 0 Å². The maximum atomic E-state index is 13.1. The lowest BCUT2D eigenvalue weighted by atomic mass is 9.53. The van der Waals surface area contributed by atoms with Crippen LogP contribution in [0.5, 0.6) is 0 Å². The van der Waals surface area contributed by atoms with Crippen LogP contribution in [0.1, 0.15) is 55.8 Å². The van der Waals surface area contributed by atoms with Crippen LogP contribution in [0.25, 0.3) is 0 Å². The summed E-state index contributed by atoms with van der Waals surface area (Å²) in [5.74, 6) is 2.45. The maximum absolute atomic E-state index is 13.1. The van der Waals surface area contributed by atoms with Crippen molar-refractivity contribution in [2.24, 2.45) is 17.8 Å². The van der Waals surface area contributed by atoms with Crippen LogP contribution < -0.4 is 5.32 Å². The van der Waals surface area contributed by atoms with Crippen molar-refractivity contribution in [1.29, 1.82) is 0 Å². The molecular weight excluding hydrogens is 455 g/mol. The zero-order chi connectivity index (χ0) is 22.6. The first kappa shape index (κ1) is 21.8. The predicted octanol–water partition coefficient (Wildman–Crippen LogP) is 6.46. The van der Waals surface area contributed by atoms with Crippen molar-refractivity contribution >= 4 is 29.2 Å². The Labute approximate surface area is 205 Å². The number of ether oxygens (including phenoxy) is 1. The number of nitrogens with zero attached hydrogens (tertiary/aromatic N) is 1. The Morgan fingerprint density at radius 3 is 1.85 bits per heavy atom. The molecule has 0 spiro atoms. The average Bonchev–Trinajstić information content (AvgIpc) is 2.73. The molecule has 33 heavy (non-hydrogen) atoms. The molecule has 1 saturated heterocycles. The summed E-state index contributed by atoms with van der Waals surface area (Å²) in [7, 11) is 0. The van der Waals surface area contributed by atoms with E-state index in [0.29, 0.717) is 23.1 Å². The highest BCUT2D eigenvalue weighted by Gasteiger charge is 2.52. The summed E-state index contributed by atoms with van der Waals surface area (Å²) >= 11 is 13.0. The number of amides is 2. The molecule has 174 valence electrons. The van der Waals surface area contributed by atoms with E-state index in [1.165, 1.54) is 38.5 Å². The Hall–Kier alpha value is -1.75. The van der Waals surface area contributed by atoms with Gasteiger partial charge >= 0.3 is 6.03 Å². The lowest BCUT2D eigenvalue weighted by Gasteiger charge is -2.57. The van der Waals surface area contributed by atoms with Gasteiger partial charge in [0.15, 0.2) is 0 Å². The minimum absolute atomic E-state index is 0.0371. The standard InChI is InChI=1S/C27H30Cl2N2O2/c28-23-7-3-1-5-21(23)25(22-6-2-4-8-24(22)29)33-20-15-31(16-20)26(32)30-27-12-17-9-18(13-27)11-19(10-17)14-27/h1-8,17-20,25H,9-16H2,(H,30,32). The number of urea groups is 1. The molecule has 0 radical (unpaired) electrons. The molecule has 7 rings (SSSR count). The number of halogens is 2.